The minimum absolute atomic E-state index is 0.0552. The summed E-state index contributed by atoms with van der Waals surface area (Å²) >= 11 is 1.34. The number of thiophene rings is 1. The molecule has 1 aliphatic rings. The van der Waals surface area contributed by atoms with E-state index in [4.69, 9.17) is 4.74 Å². The van der Waals surface area contributed by atoms with E-state index in [1.165, 1.54) is 59.2 Å². The first-order valence-electron chi connectivity index (χ1n) is 11.4. The van der Waals surface area contributed by atoms with Gasteiger partial charge in [-0.05, 0) is 63.9 Å². The first-order valence-corrected chi connectivity index (χ1v) is 13.7. The van der Waals surface area contributed by atoms with Crippen LogP contribution in [0, 0.1) is 0 Å². The number of nitrogens with one attached hydrogen (secondary N) is 2. The Balaban J connectivity index is 1.94. The summed E-state index contributed by atoms with van der Waals surface area (Å²) in [4.78, 5) is 26.9. The molecule has 0 saturated carbocycles. The van der Waals surface area contributed by atoms with Gasteiger partial charge < -0.3 is 15.4 Å². The van der Waals surface area contributed by atoms with Gasteiger partial charge in [0.15, 0.2) is 0 Å². The molecule has 0 atom stereocenters. The van der Waals surface area contributed by atoms with Crippen molar-refractivity contribution in [3.63, 3.8) is 0 Å². The van der Waals surface area contributed by atoms with Gasteiger partial charge in [-0.15, -0.1) is 24.5 Å². The lowest BCUT2D eigenvalue weighted by Gasteiger charge is -2.42. The normalized spacial score (nSPS) is 16.2. The lowest BCUT2D eigenvalue weighted by molar-refractivity contribution is 0.0600. The van der Waals surface area contributed by atoms with Gasteiger partial charge in [-0.3, -0.25) is 4.79 Å². The molecule has 2 heterocycles. The standard InChI is InChI=1S/C26H33N3O5S2/c1-8-14-29(15-9-2)36(32,33)18-12-10-17(11-13-18)22(30)27-23-20(24(31)34-7)19-16-25(3,4)28-26(5,6)21(19)35-23/h8-13,28H,1-2,14-16H2,3-7H3,(H,27,30). The minimum Gasteiger partial charge on any atom is -0.465 e. The number of nitrogens with zero attached hydrogens (tertiary/aromatic N) is 1. The maximum atomic E-state index is 13.1. The molecule has 3 rings (SSSR count). The number of ether oxygens (including phenoxy) is 1. The average Bonchev–Trinajstić information content (AvgIpc) is 3.15. The molecule has 0 saturated heterocycles. The van der Waals surface area contributed by atoms with E-state index in [9.17, 15) is 18.0 Å². The van der Waals surface area contributed by atoms with Crippen molar-refractivity contribution < 1.29 is 22.7 Å². The molecule has 0 radical (unpaired) electrons. The predicted molar refractivity (Wildman–Crippen MR) is 143 cm³/mol. The van der Waals surface area contributed by atoms with E-state index in [-0.39, 0.29) is 29.1 Å². The Morgan fingerprint density at radius 1 is 1.14 bits per heavy atom. The number of amides is 1. The fourth-order valence-corrected chi connectivity index (χ4v) is 7.24. The molecule has 0 fully saturated rings. The quantitative estimate of drug-likeness (QED) is 0.369. The smallest absolute Gasteiger partial charge is 0.341 e. The number of anilines is 1. The minimum atomic E-state index is -3.78. The number of hydrogen-bond donors (Lipinski definition) is 2. The predicted octanol–water partition coefficient (Wildman–Crippen LogP) is 4.31. The Labute approximate surface area is 217 Å². The van der Waals surface area contributed by atoms with Gasteiger partial charge in [-0.1, -0.05) is 12.2 Å². The number of methoxy groups -OCH3 is 1. The molecule has 1 aromatic carbocycles. The zero-order chi connectivity index (χ0) is 26.9. The molecule has 1 amide bonds. The molecule has 0 bridgehead atoms. The van der Waals surface area contributed by atoms with Gasteiger partial charge in [-0.25, -0.2) is 13.2 Å². The Kier molecular flexibility index (Phi) is 7.95. The maximum absolute atomic E-state index is 13.1. The molecule has 36 heavy (non-hydrogen) atoms. The van der Waals surface area contributed by atoms with Crippen LogP contribution in [0.2, 0.25) is 0 Å². The molecule has 2 aromatic rings. The fraction of sp³-hybridized carbons (Fsp3) is 0.385. The van der Waals surface area contributed by atoms with Gasteiger partial charge in [0, 0.05) is 34.6 Å². The van der Waals surface area contributed by atoms with Crippen LogP contribution in [0.4, 0.5) is 5.00 Å². The first-order chi connectivity index (χ1) is 16.8. The van der Waals surface area contributed by atoms with E-state index in [0.29, 0.717) is 17.0 Å². The van der Waals surface area contributed by atoms with Gasteiger partial charge >= 0.3 is 5.97 Å². The zero-order valence-corrected chi connectivity index (χ0v) is 22.9. The summed E-state index contributed by atoms with van der Waals surface area (Å²) in [5, 5.41) is 6.85. The van der Waals surface area contributed by atoms with E-state index >= 15 is 0 Å². The molecule has 8 nitrogen and oxygen atoms in total. The Bertz CT molecular complexity index is 1280. The largest absolute Gasteiger partial charge is 0.465 e. The number of carbonyl (C=O) groups excluding carboxylic acids is 2. The van der Waals surface area contributed by atoms with Crippen molar-refractivity contribution in [3.05, 3.63) is 71.1 Å². The second kappa shape index (κ2) is 10.3. The van der Waals surface area contributed by atoms with Crippen molar-refractivity contribution in [2.45, 2.75) is 50.1 Å². The third kappa shape index (κ3) is 5.46. The highest BCUT2D eigenvalue weighted by Gasteiger charge is 2.42. The van der Waals surface area contributed by atoms with E-state index in [2.05, 4.69) is 37.6 Å². The Morgan fingerprint density at radius 2 is 1.72 bits per heavy atom. The summed E-state index contributed by atoms with van der Waals surface area (Å²) in [6.07, 6.45) is 3.60. The van der Waals surface area contributed by atoms with Crippen molar-refractivity contribution in [3.8, 4) is 0 Å². The lowest BCUT2D eigenvalue weighted by atomic mass is 9.81. The highest BCUT2D eigenvalue weighted by molar-refractivity contribution is 7.89. The van der Waals surface area contributed by atoms with Crippen molar-refractivity contribution >= 4 is 38.2 Å². The number of benzene rings is 1. The molecule has 1 aromatic heterocycles. The molecule has 2 N–H and O–H groups in total. The fourth-order valence-electron chi connectivity index (χ4n) is 4.59. The number of carbonyl (C=O) groups is 2. The average molecular weight is 532 g/mol. The summed E-state index contributed by atoms with van der Waals surface area (Å²) in [5.41, 5.74) is 0.812. The van der Waals surface area contributed by atoms with Crippen LogP contribution in [0.3, 0.4) is 0 Å². The SMILES string of the molecule is C=CCN(CC=C)S(=O)(=O)c1ccc(C(=O)Nc2sc3c(c2C(=O)OC)CC(C)(C)NC3(C)C)cc1. The second-order valence-electron chi connectivity index (χ2n) is 9.79. The zero-order valence-electron chi connectivity index (χ0n) is 21.3. The van der Waals surface area contributed by atoms with Crippen LogP contribution in [0.25, 0.3) is 0 Å². The van der Waals surface area contributed by atoms with Gasteiger partial charge in [0.2, 0.25) is 10.0 Å². The summed E-state index contributed by atoms with van der Waals surface area (Å²) < 4.78 is 32.2. The van der Waals surface area contributed by atoms with E-state index in [0.717, 1.165) is 10.4 Å². The molecular weight excluding hydrogens is 498 g/mol. The van der Waals surface area contributed by atoms with Crippen molar-refractivity contribution in [1.82, 2.24) is 9.62 Å². The van der Waals surface area contributed by atoms with Crippen molar-refractivity contribution in [2.24, 2.45) is 0 Å². The summed E-state index contributed by atoms with van der Waals surface area (Å²) in [6.45, 7) is 15.7. The summed E-state index contributed by atoms with van der Waals surface area (Å²) in [7, 11) is -2.47. The number of sulfonamides is 1. The van der Waals surface area contributed by atoms with Crippen LogP contribution in [-0.2, 0) is 26.7 Å². The van der Waals surface area contributed by atoms with E-state index in [1.807, 2.05) is 13.8 Å². The summed E-state index contributed by atoms with van der Waals surface area (Å²) in [6, 6.07) is 5.67. The molecule has 194 valence electrons. The number of rotatable bonds is 9. The molecule has 0 aliphatic carbocycles. The van der Waals surface area contributed by atoms with Crippen LogP contribution in [-0.4, -0.2) is 50.3 Å². The lowest BCUT2D eigenvalue weighted by Crippen LogP contribution is -2.55. The van der Waals surface area contributed by atoms with Gasteiger partial charge in [0.25, 0.3) is 5.91 Å². The molecule has 1 aliphatic heterocycles. The van der Waals surface area contributed by atoms with E-state index in [1.54, 1.807) is 0 Å². The van der Waals surface area contributed by atoms with Crippen LogP contribution >= 0.6 is 11.3 Å². The van der Waals surface area contributed by atoms with Crippen molar-refractivity contribution in [2.75, 3.05) is 25.5 Å². The molecule has 10 heteroatoms. The topological polar surface area (TPSA) is 105 Å². The van der Waals surface area contributed by atoms with Crippen LogP contribution in [0.1, 0.15) is 58.9 Å². The van der Waals surface area contributed by atoms with Gasteiger partial charge in [0.05, 0.1) is 17.6 Å². The number of fused-ring (bicyclic) bond motifs is 1. The maximum Gasteiger partial charge on any atom is 0.341 e. The van der Waals surface area contributed by atoms with Gasteiger partial charge in [0.1, 0.15) is 5.00 Å². The van der Waals surface area contributed by atoms with Crippen LogP contribution in [0.5, 0.6) is 0 Å². The first kappa shape index (κ1) is 27.8. The third-order valence-electron chi connectivity index (χ3n) is 5.88. The monoisotopic (exact) mass is 531 g/mol. The second-order valence-corrected chi connectivity index (χ2v) is 12.8. The highest BCUT2D eigenvalue weighted by Crippen LogP contribution is 2.45. The number of esters is 1. The Hall–Kier alpha value is -2.79. The highest BCUT2D eigenvalue weighted by atomic mass is 32.2. The van der Waals surface area contributed by atoms with Crippen LogP contribution < -0.4 is 10.6 Å². The van der Waals surface area contributed by atoms with Crippen molar-refractivity contribution in [1.29, 1.82) is 0 Å². The molecule has 0 spiro atoms. The molecular formula is C26H33N3O5S2. The van der Waals surface area contributed by atoms with Crippen LogP contribution in [0.15, 0.2) is 54.5 Å². The number of hydrogen-bond acceptors (Lipinski definition) is 7. The summed E-state index contributed by atoms with van der Waals surface area (Å²) in [5.74, 6) is -0.968. The molecule has 0 unspecified atom stereocenters. The van der Waals surface area contributed by atoms with Gasteiger partial charge in [-0.2, -0.15) is 4.31 Å². The third-order valence-corrected chi connectivity index (χ3v) is 9.20. The Morgan fingerprint density at radius 3 is 2.25 bits per heavy atom. The van der Waals surface area contributed by atoms with E-state index < -0.39 is 27.4 Å².